The van der Waals surface area contributed by atoms with Gasteiger partial charge in [-0.05, 0) is 25.0 Å². The zero-order valence-electron chi connectivity index (χ0n) is 11.0. The number of alkyl halides is 1. The molecule has 2 nitrogen and oxygen atoms in total. The third-order valence-electron chi connectivity index (χ3n) is 3.58. The molecular weight excluding hydrogens is 278 g/mol. The summed E-state index contributed by atoms with van der Waals surface area (Å²) < 4.78 is 0. The number of hydrogen-bond acceptors (Lipinski definition) is 2. The highest BCUT2D eigenvalue weighted by Crippen LogP contribution is 2.29. The number of benzene rings is 1. The van der Waals surface area contributed by atoms with E-state index in [1.54, 1.807) is 11.8 Å². The molecule has 19 heavy (non-hydrogen) atoms. The van der Waals surface area contributed by atoms with Gasteiger partial charge in [0.1, 0.15) is 0 Å². The molecule has 1 aliphatic carbocycles. The molecule has 1 fully saturated rings. The Morgan fingerprint density at radius 3 is 2.53 bits per heavy atom. The molecule has 1 N–H and O–H groups in total. The first-order valence-electron chi connectivity index (χ1n) is 6.79. The molecule has 0 saturated heterocycles. The van der Waals surface area contributed by atoms with E-state index in [1.165, 1.54) is 19.3 Å². The molecule has 0 aliphatic heterocycles. The van der Waals surface area contributed by atoms with E-state index in [-0.39, 0.29) is 11.4 Å². The number of hydrogen-bond donors (Lipinski definition) is 1. The molecule has 104 valence electrons. The Morgan fingerprint density at radius 2 is 1.89 bits per heavy atom. The molecular formula is C15H20ClNOS. The third kappa shape index (κ3) is 4.43. The fourth-order valence-electron chi connectivity index (χ4n) is 2.52. The van der Waals surface area contributed by atoms with Crippen molar-refractivity contribution >= 4 is 29.3 Å². The number of thioether (sulfide) groups is 1. The van der Waals surface area contributed by atoms with Crippen molar-refractivity contribution < 1.29 is 4.79 Å². The predicted octanol–water partition coefficient (Wildman–Crippen LogP) is 3.84. The topological polar surface area (TPSA) is 29.1 Å². The molecule has 0 unspecified atom stereocenters. The standard InChI is InChI=1S/C15H20ClNOS/c16-12-15(9-5-2-6-10-15)17-14(18)11-19-13-7-3-1-4-8-13/h1,3-4,7-8H,2,5-6,9-12H2,(H,17,18). The van der Waals surface area contributed by atoms with E-state index in [1.807, 2.05) is 30.3 Å². The van der Waals surface area contributed by atoms with E-state index < -0.39 is 0 Å². The first kappa shape index (κ1) is 14.7. The van der Waals surface area contributed by atoms with E-state index in [4.69, 9.17) is 11.6 Å². The van der Waals surface area contributed by atoms with Gasteiger partial charge in [0, 0.05) is 10.8 Å². The van der Waals surface area contributed by atoms with E-state index >= 15 is 0 Å². The Bertz CT molecular complexity index is 404. The Balaban J connectivity index is 1.83. The van der Waals surface area contributed by atoms with Gasteiger partial charge in [0.2, 0.25) is 5.91 Å². The van der Waals surface area contributed by atoms with Crippen LogP contribution in [0.2, 0.25) is 0 Å². The minimum absolute atomic E-state index is 0.0939. The van der Waals surface area contributed by atoms with Crippen LogP contribution in [0.3, 0.4) is 0 Å². The quantitative estimate of drug-likeness (QED) is 0.661. The van der Waals surface area contributed by atoms with Gasteiger partial charge >= 0.3 is 0 Å². The Morgan fingerprint density at radius 1 is 1.21 bits per heavy atom. The van der Waals surface area contributed by atoms with Crippen LogP contribution >= 0.6 is 23.4 Å². The van der Waals surface area contributed by atoms with Crippen LogP contribution in [0.5, 0.6) is 0 Å². The van der Waals surface area contributed by atoms with Gasteiger partial charge in [0.15, 0.2) is 0 Å². The first-order valence-corrected chi connectivity index (χ1v) is 8.31. The molecule has 0 bridgehead atoms. The predicted molar refractivity (Wildman–Crippen MR) is 81.8 cm³/mol. The monoisotopic (exact) mass is 297 g/mol. The van der Waals surface area contributed by atoms with E-state index in [2.05, 4.69) is 5.32 Å². The summed E-state index contributed by atoms with van der Waals surface area (Å²) in [5.41, 5.74) is -0.159. The van der Waals surface area contributed by atoms with Gasteiger partial charge < -0.3 is 5.32 Å². The average Bonchev–Trinajstić information content (AvgIpc) is 2.47. The van der Waals surface area contributed by atoms with Crippen molar-refractivity contribution in [1.29, 1.82) is 0 Å². The lowest BCUT2D eigenvalue weighted by molar-refractivity contribution is -0.120. The lowest BCUT2D eigenvalue weighted by atomic mass is 9.83. The normalized spacial score (nSPS) is 17.9. The largest absolute Gasteiger partial charge is 0.349 e. The molecule has 2 rings (SSSR count). The molecule has 0 aromatic heterocycles. The van der Waals surface area contributed by atoms with Crippen molar-refractivity contribution in [2.45, 2.75) is 42.5 Å². The number of nitrogens with one attached hydrogen (secondary N) is 1. The molecule has 1 amide bonds. The molecule has 4 heteroatoms. The highest BCUT2D eigenvalue weighted by atomic mass is 35.5. The zero-order valence-corrected chi connectivity index (χ0v) is 12.6. The summed E-state index contributed by atoms with van der Waals surface area (Å²) in [7, 11) is 0. The fourth-order valence-corrected chi connectivity index (χ4v) is 3.57. The maximum Gasteiger partial charge on any atom is 0.230 e. The first-order chi connectivity index (χ1) is 9.24. The summed E-state index contributed by atoms with van der Waals surface area (Å²) in [6.45, 7) is 0. The van der Waals surface area contributed by atoms with Crippen molar-refractivity contribution in [3.63, 3.8) is 0 Å². The second-order valence-corrected chi connectivity index (χ2v) is 6.44. The number of rotatable bonds is 5. The second-order valence-electron chi connectivity index (χ2n) is 5.12. The van der Waals surface area contributed by atoms with Crippen LogP contribution in [0.15, 0.2) is 35.2 Å². The molecule has 0 radical (unpaired) electrons. The van der Waals surface area contributed by atoms with Crippen LogP contribution in [0.4, 0.5) is 0 Å². The highest BCUT2D eigenvalue weighted by molar-refractivity contribution is 8.00. The number of halogens is 1. The van der Waals surface area contributed by atoms with E-state index in [0.717, 1.165) is 17.7 Å². The summed E-state index contributed by atoms with van der Waals surface area (Å²) in [5.74, 6) is 1.08. The number of carbonyl (C=O) groups excluding carboxylic acids is 1. The highest BCUT2D eigenvalue weighted by Gasteiger charge is 2.32. The summed E-state index contributed by atoms with van der Waals surface area (Å²) in [6, 6.07) is 10.0. The lowest BCUT2D eigenvalue weighted by Crippen LogP contribution is -2.51. The van der Waals surface area contributed by atoms with Crippen molar-refractivity contribution in [3.8, 4) is 0 Å². The SMILES string of the molecule is O=C(CSc1ccccc1)NC1(CCl)CCCCC1. The zero-order chi connectivity index (χ0) is 13.6. The smallest absolute Gasteiger partial charge is 0.230 e. The molecule has 0 atom stereocenters. The van der Waals surface area contributed by atoms with Gasteiger partial charge in [-0.3, -0.25) is 4.79 Å². The number of carbonyl (C=O) groups is 1. The minimum atomic E-state index is -0.159. The molecule has 1 aromatic carbocycles. The summed E-state index contributed by atoms with van der Waals surface area (Å²) in [5, 5.41) is 3.16. The van der Waals surface area contributed by atoms with E-state index in [9.17, 15) is 4.79 Å². The minimum Gasteiger partial charge on any atom is -0.349 e. The maximum atomic E-state index is 12.1. The van der Waals surface area contributed by atoms with Crippen molar-refractivity contribution in [2.75, 3.05) is 11.6 Å². The van der Waals surface area contributed by atoms with Gasteiger partial charge in [-0.25, -0.2) is 0 Å². The molecule has 1 aliphatic rings. The van der Waals surface area contributed by atoms with Gasteiger partial charge in [0.05, 0.1) is 11.3 Å². The van der Waals surface area contributed by atoms with Crippen LogP contribution in [0.25, 0.3) is 0 Å². The molecule has 0 heterocycles. The number of amides is 1. The van der Waals surface area contributed by atoms with Gasteiger partial charge in [-0.1, -0.05) is 37.5 Å². The molecule has 1 saturated carbocycles. The third-order valence-corrected chi connectivity index (χ3v) is 5.11. The van der Waals surface area contributed by atoms with Crippen LogP contribution in [-0.2, 0) is 4.79 Å². The van der Waals surface area contributed by atoms with Gasteiger partial charge in [0.25, 0.3) is 0 Å². The lowest BCUT2D eigenvalue weighted by Gasteiger charge is -2.36. The summed E-state index contributed by atoms with van der Waals surface area (Å²) in [4.78, 5) is 13.2. The molecule has 0 spiro atoms. The second kappa shape index (κ2) is 7.20. The Hall–Kier alpha value is -0.670. The molecule has 1 aromatic rings. The van der Waals surface area contributed by atoms with Crippen LogP contribution in [0.1, 0.15) is 32.1 Å². The van der Waals surface area contributed by atoms with E-state index in [0.29, 0.717) is 11.6 Å². The van der Waals surface area contributed by atoms with Crippen molar-refractivity contribution in [3.05, 3.63) is 30.3 Å². The van der Waals surface area contributed by atoms with Crippen LogP contribution in [0, 0.1) is 0 Å². The van der Waals surface area contributed by atoms with Crippen LogP contribution in [-0.4, -0.2) is 23.1 Å². The average molecular weight is 298 g/mol. The summed E-state index contributed by atoms with van der Waals surface area (Å²) in [6.07, 6.45) is 5.61. The van der Waals surface area contributed by atoms with Gasteiger partial charge in [-0.15, -0.1) is 23.4 Å². The van der Waals surface area contributed by atoms with Crippen molar-refractivity contribution in [2.24, 2.45) is 0 Å². The van der Waals surface area contributed by atoms with Gasteiger partial charge in [-0.2, -0.15) is 0 Å². The van der Waals surface area contributed by atoms with Crippen molar-refractivity contribution in [1.82, 2.24) is 5.32 Å². The van der Waals surface area contributed by atoms with Crippen LogP contribution < -0.4 is 5.32 Å². The fraction of sp³-hybridized carbons (Fsp3) is 0.533. The summed E-state index contributed by atoms with van der Waals surface area (Å²) >= 11 is 7.65. The Labute approximate surface area is 124 Å². The Kier molecular flexibility index (Phi) is 5.59. The maximum absolute atomic E-state index is 12.1.